The average molecular weight is 284 g/mol. The molecule has 2 nitrogen and oxygen atoms in total. The first-order chi connectivity index (χ1) is 4.18. The molecule has 0 heterocycles. The van der Waals surface area contributed by atoms with Gasteiger partial charge in [0.2, 0.25) is 0 Å². The van der Waals surface area contributed by atoms with Crippen molar-refractivity contribution in [2.75, 3.05) is 34.2 Å². The van der Waals surface area contributed by atoms with Crippen LogP contribution in [0.2, 0.25) is 0 Å². The van der Waals surface area contributed by atoms with Crippen LogP contribution in [0.5, 0.6) is 0 Å². The van der Waals surface area contributed by atoms with Gasteiger partial charge in [-0.1, -0.05) is 43.6 Å². The summed E-state index contributed by atoms with van der Waals surface area (Å²) in [6.07, 6.45) is 0. The van der Waals surface area contributed by atoms with Crippen LogP contribution >= 0.6 is 0 Å². The topological polar surface area (TPSA) is 17.3 Å². The fourth-order valence-corrected chi connectivity index (χ4v) is 0. The Morgan fingerprint density at radius 2 is 1.07 bits per heavy atom. The first kappa shape index (κ1) is 45.9. The van der Waals surface area contributed by atoms with Gasteiger partial charge in [-0.05, 0) is 20.6 Å². The summed E-state index contributed by atoms with van der Waals surface area (Å²) in [5.41, 5.74) is 0. The molecule has 0 aromatic heterocycles. The molecule has 0 N–H and O–H groups in total. The minimum absolute atomic E-state index is 0. The van der Waals surface area contributed by atoms with Crippen molar-refractivity contribution in [3.63, 3.8) is 0 Å². The van der Waals surface area contributed by atoms with Crippen LogP contribution in [0.15, 0.2) is 0 Å². The van der Waals surface area contributed by atoms with E-state index in [0.717, 1.165) is 13.1 Å². The summed E-state index contributed by atoms with van der Waals surface area (Å²) in [5.74, 6) is 0. The Morgan fingerprint density at radius 1 is 0.929 bits per heavy atom. The number of hydrogen-bond donors (Lipinski definition) is 0. The maximum atomic E-state index is 3.74. The normalized spacial score (nSPS) is 5.57. The molecule has 3 heteroatoms. The smallest absolute Gasteiger partial charge is 0 e. The molecule has 0 fully saturated rings. The molecule has 0 aliphatic rings. The van der Waals surface area contributed by atoms with Crippen LogP contribution in [0.3, 0.4) is 0 Å². The Balaban J connectivity index is -0.0000000104. The van der Waals surface area contributed by atoms with Gasteiger partial charge in [-0.25, -0.2) is 0 Å². The third-order valence-electron chi connectivity index (χ3n) is 0.949. The van der Waals surface area contributed by atoms with E-state index in [1.54, 1.807) is 7.05 Å². The Morgan fingerprint density at radius 3 is 1.07 bits per heavy atom. The molecule has 0 aromatic rings. The zero-order valence-electron chi connectivity index (χ0n) is 7.89. The van der Waals surface area contributed by atoms with E-state index in [-0.39, 0.29) is 62.4 Å². The molecule has 14 heavy (non-hydrogen) atoms. The van der Waals surface area contributed by atoms with Crippen molar-refractivity contribution in [1.29, 1.82) is 0 Å². The second kappa shape index (κ2) is 48.2. The average Bonchev–Trinajstić information content (AvgIpc) is 1.89. The van der Waals surface area contributed by atoms with E-state index in [2.05, 4.69) is 31.2 Å². The fraction of sp³-hybridized carbons (Fsp3) is 1.00. The number of nitrogens with zero attached hydrogens (tertiary/aromatic N) is 2. The monoisotopic (exact) mass is 284 g/mol. The van der Waals surface area contributed by atoms with Crippen molar-refractivity contribution in [3.8, 4) is 0 Å². The second-order valence-corrected chi connectivity index (χ2v) is 2.03. The quantitative estimate of drug-likeness (QED) is 0.745. The van der Waals surface area contributed by atoms with E-state index < -0.39 is 0 Å². The maximum Gasteiger partial charge on any atom is 0 e. The standard InChI is InChI=1S/C4H11N.C3H8N.4CH4.Y/c1-4-5(2)3;1-3-4-2;;;;;/h4H2,1-3H3;3H2,1-2H3;4*1H4;/q;-1;;;;;. The third kappa shape index (κ3) is 116. The van der Waals surface area contributed by atoms with Gasteiger partial charge in [-0.2, -0.15) is 13.6 Å². The first-order valence-electron chi connectivity index (χ1n) is 3.39. The van der Waals surface area contributed by atoms with Gasteiger partial charge in [0.15, 0.2) is 0 Å². The molecule has 0 saturated carbocycles. The van der Waals surface area contributed by atoms with Gasteiger partial charge in [-0.3, -0.25) is 0 Å². The Hall–Kier alpha value is 1.02. The van der Waals surface area contributed by atoms with Gasteiger partial charge in [0, 0.05) is 32.7 Å². The van der Waals surface area contributed by atoms with Crippen molar-refractivity contribution >= 4 is 0 Å². The van der Waals surface area contributed by atoms with Crippen LogP contribution < -0.4 is 0 Å². The molecule has 0 spiro atoms. The minimum atomic E-state index is 0. The zero-order valence-corrected chi connectivity index (χ0v) is 10.7. The molecule has 0 aliphatic carbocycles. The summed E-state index contributed by atoms with van der Waals surface area (Å²) >= 11 is 0. The summed E-state index contributed by atoms with van der Waals surface area (Å²) in [6.45, 7) is 6.22. The molecule has 0 unspecified atom stereocenters. The van der Waals surface area contributed by atoms with Gasteiger partial charge >= 0.3 is 0 Å². The Bertz CT molecular complexity index is 40.3. The van der Waals surface area contributed by atoms with Crippen molar-refractivity contribution in [2.45, 2.75) is 43.6 Å². The van der Waals surface area contributed by atoms with Gasteiger partial charge in [0.1, 0.15) is 0 Å². The SMILES string of the molecule is C.C.C.C.CCN(C)C.CC[N-]C.[Y]. The molecule has 0 aromatic carbocycles. The minimum Gasteiger partial charge on any atom is -0.665 e. The molecule has 0 rings (SSSR count). The Labute approximate surface area is 120 Å². The van der Waals surface area contributed by atoms with Gasteiger partial charge in [-0.15, -0.1) is 0 Å². The van der Waals surface area contributed by atoms with E-state index >= 15 is 0 Å². The van der Waals surface area contributed by atoms with Crippen LogP contribution in [-0.2, 0) is 32.7 Å². The summed E-state index contributed by atoms with van der Waals surface area (Å²) in [7, 11) is 5.92. The van der Waals surface area contributed by atoms with E-state index in [9.17, 15) is 0 Å². The van der Waals surface area contributed by atoms with Crippen LogP contribution in [0.25, 0.3) is 5.32 Å². The molecule has 0 amide bonds. The zero-order chi connectivity index (χ0) is 7.70. The van der Waals surface area contributed by atoms with Gasteiger partial charge < -0.3 is 10.2 Å². The maximum absolute atomic E-state index is 3.74. The summed E-state index contributed by atoms with van der Waals surface area (Å²) in [5, 5.41) is 3.74. The predicted molar refractivity (Wildman–Crippen MR) is 71.0 cm³/mol. The van der Waals surface area contributed by atoms with Crippen molar-refractivity contribution in [2.24, 2.45) is 0 Å². The predicted octanol–water partition coefficient (Wildman–Crippen LogP) is 4.12. The molecule has 0 bridgehead atoms. The van der Waals surface area contributed by atoms with Crippen LogP contribution in [0.1, 0.15) is 43.6 Å². The Kier molecular flexibility index (Phi) is 158. The van der Waals surface area contributed by atoms with E-state index in [0.29, 0.717) is 0 Å². The van der Waals surface area contributed by atoms with E-state index in [1.165, 1.54) is 0 Å². The molecular formula is C11H35N2Y-. The number of hydrogen-bond acceptors (Lipinski definition) is 1. The molecule has 0 aliphatic heterocycles. The summed E-state index contributed by atoms with van der Waals surface area (Å²) in [4.78, 5) is 2.12. The van der Waals surface area contributed by atoms with E-state index in [4.69, 9.17) is 0 Å². The van der Waals surface area contributed by atoms with Crippen LogP contribution in [0.4, 0.5) is 0 Å². The van der Waals surface area contributed by atoms with Crippen LogP contribution in [-0.4, -0.2) is 39.1 Å². The largest absolute Gasteiger partial charge is 0.665 e. The molecule has 0 atom stereocenters. The summed E-state index contributed by atoms with van der Waals surface area (Å²) in [6, 6.07) is 0. The summed E-state index contributed by atoms with van der Waals surface area (Å²) < 4.78 is 0. The van der Waals surface area contributed by atoms with Crippen molar-refractivity contribution in [3.05, 3.63) is 5.32 Å². The van der Waals surface area contributed by atoms with Crippen LogP contribution in [0, 0.1) is 0 Å². The number of rotatable bonds is 2. The van der Waals surface area contributed by atoms with Crippen molar-refractivity contribution < 1.29 is 32.7 Å². The molecule has 1 radical (unpaired) electrons. The van der Waals surface area contributed by atoms with Gasteiger partial charge in [0.25, 0.3) is 0 Å². The first-order valence-corrected chi connectivity index (χ1v) is 3.39. The molecular weight excluding hydrogens is 249 g/mol. The van der Waals surface area contributed by atoms with E-state index in [1.807, 2.05) is 6.92 Å². The third-order valence-corrected chi connectivity index (χ3v) is 0.949. The second-order valence-electron chi connectivity index (χ2n) is 2.03. The fourth-order valence-electron chi connectivity index (χ4n) is 0. The molecule has 93 valence electrons. The van der Waals surface area contributed by atoms with Crippen molar-refractivity contribution in [1.82, 2.24) is 4.90 Å². The van der Waals surface area contributed by atoms with Gasteiger partial charge in [0.05, 0.1) is 0 Å². The molecule has 0 saturated heterocycles.